The number of aryl methyl sites for hydroxylation is 1. The van der Waals surface area contributed by atoms with Crippen LogP contribution in [0.25, 0.3) is 5.69 Å². The number of rotatable bonds is 8. The number of hydrogen-bond donors (Lipinski definition) is 2. The van der Waals surface area contributed by atoms with E-state index in [1.807, 2.05) is 79.1 Å². The van der Waals surface area contributed by atoms with Gasteiger partial charge in [-0.3, -0.25) is 9.59 Å². The Labute approximate surface area is 186 Å². The third-order valence-corrected chi connectivity index (χ3v) is 5.18. The number of amides is 2. The Kier molecular flexibility index (Phi) is 7.62. The maximum absolute atomic E-state index is 12.0. The number of hydrogen-bond acceptors (Lipinski definition) is 3. The molecule has 0 radical (unpaired) electrons. The minimum Gasteiger partial charge on any atom is -0.355 e. The first kappa shape index (κ1) is 22.3. The van der Waals surface area contributed by atoms with Crippen LogP contribution < -0.4 is 10.7 Å². The molecule has 7 heteroatoms. The molecule has 2 N–H and O–H groups in total. The molecule has 0 bridgehead atoms. The van der Waals surface area contributed by atoms with Gasteiger partial charge in [0.2, 0.25) is 11.8 Å². The van der Waals surface area contributed by atoms with E-state index in [4.69, 9.17) is 11.6 Å². The van der Waals surface area contributed by atoms with Crippen LogP contribution in [-0.2, 0) is 16.0 Å². The highest BCUT2D eigenvalue weighted by atomic mass is 35.5. The molecule has 0 saturated heterocycles. The summed E-state index contributed by atoms with van der Waals surface area (Å²) < 4.78 is 2.03. The number of para-hydroxylation sites is 1. The molecule has 0 aliphatic heterocycles. The molecule has 2 aromatic carbocycles. The molecule has 3 aromatic rings. The molecule has 2 amide bonds. The zero-order valence-electron chi connectivity index (χ0n) is 17.6. The molecule has 160 valence electrons. The summed E-state index contributed by atoms with van der Waals surface area (Å²) in [6.45, 7) is 4.42. The maximum atomic E-state index is 12.0. The molecule has 1 heterocycles. The summed E-state index contributed by atoms with van der Waals surface area (Å²) >= 11 is 6.33. The molecule has 0 fully saturated rings. The van der Waals surface area contributed by atoms with Crippen molar-refractivity contribution in [2.75, 3.05) is 6.54 Å². The molecule has 0 unspecified atom stereocenters. The van der Waals surface area contributed by atoms with Gasteiger partial charge in [-0.05, 0) is 44.0 Å². The van der Waals surface area contributed by atoms with Gasteiger partial charge in [-0.2, -0.15) is 5.10 Å². The average Bonchev–Trinajstić information content (AvgIpc) is 3.02. The normalized spacial score (nSPS) is 10.9. The fourth-order valence-electron chi connectivity index (χ4n) is 3.33. The van der Waals surface area contributed by atoms with Crippen LogP contribution in [-0.4, -0.2) is 29.1 Å². The third-order valence-electron chi connectivity index (χ3n) is 4.86. The monoisotopic (exact) mass is 436 g/mol. The Morgan fingerprint density at radius 2 is 1.74 bits per heavy atom. The summed E-state index contributed by atoms with van der Waals surface area (Å²) in [5, 5.41) is 7.40. The number of nitrogens with zero attached hydrogens (tertiary/aromatic N) is 2. The molecule has 1 aromatic heterocycles. The van der Waals surface area contributed by atoms with E-state index in [-0.39, 0.29) is 12.3 Å². The van der Waals surface area contributed by atoms with Gasteiger partial charge in [0.05, 0.1) is 16.9 Å². The summed E-state index contributed by atoms with van der Waals surface area (Å²) in [5.74, 6) is -0.797. The second kappa shape index (κ2) is 10.6. The second-order valence-electron chi connectivity index (χ2n) is 7.17. The summed E-state index contributed by atoms with van der Waals surface area (Å²) in [5.41, 5.74) is 7.22. The lowest BCUT2D eigenvalue weighted by Crippen LogP contribution is -2.31. The number of nitrogens with one attached hydrogen (secondary N) is 2. The molecule has 0 saturated carbocycles. The van der Waals surface area contributed by atoms with E-state index in [1.54, 1.807) is 6.21 Å². The van der Waals surface area contributed by atoms with Crippen LogP contribution in [0.5, 0.6) is 0 Å². The number of carbonyl (C=O) groups is 2. The summed E-state index contributed by atoms with van der Waals surface area (Å²) in [6, 6.07) is 19.4. The Bertz CT molecular complexity index is 1090. The number of carbonyl (C=O) groups excluding carboxylic acids is 2. The van der Waals surface area contributed by atoms with Crippen LogP contribution in [0.1, 0.15) is 28.9 Å². The van der Waals surface area contributed by atoms with E-state index in [1.165, 1.54) is 0 Å². The standard InChI is InChI=1S/C24H25ClN4O2/c1-17-14-20(18(2)29(17)22-11-7-6-10-21(22)25)16-27-28-24(31)15-23(30)26-13-12-19-8-4-3-5-9-19/h3-11,14,16H,12-13,15H2,1-2H3,(H,26,30)(H,28,31)/b27-16+. The largest absolute Gasteiger partial charge is 0.355 e. The molecule has 0 atom stereocenters. The number of aromatic nitrogens is 1. The molecule has 0 aliphatic carbocycles. The van der Waals surface area contributed by atoms with E-state index >= 15 is 0 Å². The first-order valence-corrected chi connectivity index (χ1v) is 10.4. The first-order chi connectivity index (χ1) is 15.0. The predicted octanol–water partition coefficient (Wildman–Crippen LogP) is 3.95. The van der Waals surface area contributed by atoms with Gasteiger partial charge in [-0.15, -0.1) is 0 Å². The third kappa shape index (κ3) is 6.06. The lowest BCUT2D eigenvalue weighted by Gasteiger charge is -2.11. The van der Waals surface area contributed by atoms with Crippen molar-refractivity contribution in [2.45, 2.75) is 26.7 Å². The van der Waals surface area contributed by atoms with Gasteiger partial charge in [0.1, 0.15) is 6.42 Å². The molecule has 6 nitrogen and oxygen atoms in total. The second-order valence-corrected chi connectivity index (χ2v) is 7.58. The van der Waals surface area contributed by atoms with Crippen molar-refractivity contribution in [1.82, 2.24) is 15.3 Å². The minimum absolute atomic E-state index is 0.273. The van der Waals surface area contributed by atoms with Gasteiger partial charge in [-0.25, -0.2) is 5.43 Å². The first-order valence-electron chi connectivity index (χ1n) is 10.0. The van der Waals surface area contributed by atoms with Gasteiger partial charge in [-0.1, -0.05) is 54.1 Å². The highest BCUT2D eigenvalue weighted by Crippen LogP contribution is 2.25. The van der Waals surface area contributed by atoms with Crippen molar-refractivity contribution in [3.63, 3.8) is 0 Å². The van der Waals surface area contributed by atoms with Crippen molar-refractivity contribution in [3.05, 3.63) is 88.2 Å². The van der Waals surface area contributed by atoms with Crippen LogP contribution >= 0.6 is 11.6 Å². The number of benzene rings is 2. The molecule has 0 aliphatic rings. The van der Waals surface area contributed by atoms with Crippen molar-refractivity contribution in [1.29, 1.82) is 0 Å². The zero-order chi connectivity index (χ0) is 22.2. The number of halogens is 1. The fourth-order valence-corrected chi connectivity index (χ4v) is 3.55. The van der Waals surface area contributed by atoms with E-state index in [2.05, 4.69) is 15.8 Å². The number of hydrazone groups is 1. The van der Waals surface area contributed by atoms with Crippen LogP contribution in [0.4, 0.5) is 0 Å². The Morgan fingerprint density at radius 1 is 1.03 bits per heavy atom. The van der Waals surface area contributed by atoms with Gasteiger partial charge in [0, 0.05) is 23.5 Å². The lowest BCUT2D eigenvalue weighted by atomic mass is 10.1. The van der Waals surface area contributed by atoms with Gasteiger partial charge in [0.25, 0.3) is 0 Å². The Morgan fingerprint density at radius 3 is 2.48 bits per heavy atom. The quantitative estimate of drug-likeness (QED) is 0.319. The van der Waals surface area contributed by atoms with Crippen molar-refractivity contribution in [3.8, 4) is 5.69 Å². The van der Waals surface area contributed by atoms with Gasteiger partial charge >= 0.3 is 0 Å². The molecule has 3 rings (SSSR count). The summed E-state index contributed by atoms with van der Waals surface area (Å²) in [6.07, 6.45) is 2.01. The molecule has 0 spiro atoms. The van der Waals surface area contributed by atoms with E-state index in [0.29, 0.717) is 18.0 Å². The summed E-state index contributed by atoms with van der Waals surface area (Å²) in [7, 11) is 0. The van der Waals surface area contributed by atoms with Crippen molar-refractivity contribution in [2.24, 2.45) is 5.10 Å². The predicted molar refractivity (Wildman–Crippen MR) is 124 cm³/mol. The van der Waals surface area contributed by atoms with Crippen LogP contribution in [0.15, 0.2) is 65.8 Å². The van der Waals surface area contributed by atoms with Crippen LogP contribution in [0.3, 0.4) is 0 Å². The van der Waals surface area contributed by atoms with E-state index < -0.39 is 5.91 Å². The Hall–Kier alpha value is -3.38. The maximum Gasteiger partial charge on any atom is 0.249 e. The van der Waals surface area contributed by atoms with Crippen molar-refractivity contribution >= 4 is 29.6 Å². The average molecular weight is 437 g/mol. The molecular weight excluding hydrogens is 412 g/mol. The zero-order valence-corrected chi connectivity index (χ0v) is 18.3. The van der Waals surface area contributed by atoms with Crippen LogP contribution in [0, 0.1) is 13.8 Å². The van der Waals surface area contributed by atoms with E-state index in [9.17, 15) is 9.59 Å². The van der Waals surface area contributed by atoms with Gasteiger partial charge < -0.3 is 9.88 Å². The van der Waals surface area contributed by atoms with E-state index in [0.717, 1.165) is 28.2 Å². The van der Waals surface area contributed by atoms with Crippen molar-refractivity contribution < 1.29 is 9.59 Å². The van der Waals surface area contributed by atoms with Crippen LogP contribution in [0.2, 0.25) is 5.02 Å². The fraction of sp³-hybridized carbons (Fsp3) is 0.208. The summed E-state index contributed by atoms with van der Waals surface area (Å²) in [4.78, 5) is 23.9. The molecular formula is C24H25ClN4O2. The molecule has 31 heavy (non-hydrogen) atoms. The highest BCUT2D eigenvalue weighted by Gasteiger charge is 2.12. The lowest BCUT2D eigenvalue weighted by molar-refractivity contribution is -0.129. The van der Waals surface area contributed by atoms with Gasteiger partial charge in [0.15, 0.2) is 0 Å². The minimum atomic E-state index is -0.464. The Balaban J connectivity index is 1.51. The smallest absolute Gasteiger partial charge is 0.249 e. The highest BCUT2D eigenvalue weighted by molar-refractivity contribution is 6.32. The SMILES string of the molecule is Cc1cc(/C=N/NC(=O)CC(=O)NCCc2ccccc2)c(C)n1-c1ccccc1Cl. The topological polar surface area (TPSA) is 75.5 Å².